The summed E-state index contributed by atoms with van der Waals surface area (Å²) in [6, 6.07) is 11.3. The SMILES string of the molecule is Cc1ccc(N2CC(C(=O)Oc3ccc4c(c3)ncn4C)CC2=O)cc1C. The molecule has 1 amide bonds. The lowest BCUT2D eigenvalue weighted by Crippen LogP contribution is -2.27. The lowest BCUT2D eigenvalue weighted by Gasteiger charge is -2.17. The van der Waals surface area contributed by atoms with Crippen molar-refractivity contribution in [1.29, 1.82) is 0 Å². The van der Waals surface area contributed by atoms with E-state index >= 15 is 0 Å². The van der Waals surface area contributed by atoms with Crippen molar-refractivity contribution in [1.82, 2.24) is 9.55 Å². The Kier molecular flexibility index (Phi) is 4.18. The lowest BCUT2D eigenvalue weighted by molar-refractivity contribution is -0.139. The van der Waals surface area contributed by atoms with E-state index in [9.17, 15) is 9.59 Å². The minimum absolute atomic E-state index is 0.0552. The average molecular weight is 363 g/mol. The number of ether oxygens (including phenoxy) is 1. The number of hydrogen-bond donors (Lipinski definition) is 0. The van der Waals surface area contributed by atoms with E-state index in [1.165, 1.54) is 5.56 Å². The molecule has 1 aliphatic rings. The fourth-order valence-electron chi connectivity index (χ4n) is 3.39. The van der Waals surface area contributed by atoms with E-state index in [-0.39, 0.29) is 18.3 Å². The van der Waals surface area contributed by atoms with Crippen LogP contribution in [0.1, 0.15) is 17.5 Å². The Morgan fingerprint density at radius 3 is 2.74 bits per heavy atom. The largest absolute Gasteiger partial charge is 0.426 e. The van der Waals surface area contributed by atoms with Crippen molar-refractivity contribution in [3.05, 3.63) is 53.9 Å². The predicted molar refractivity (Wildman–Crippen MR) is 103 cm³/mol. The topological polar surface area (TPSA) is 64.4 Å². The number of fused-ring (bicyclic) bond motifs is 1. The van der Waals surface area contributed by atoms with Gasteiger partial charge in [0.2, 0.25) is 5.91 Å². The van der Waals surface area contributed by atoms with Gasteiger partial charge < -0.3 is 14.2 Å². The number of aromatic nitrogens is 2. The zero-order valence-electron chi connectivity index (χ0n) is 15.6. The maximum Gasteiger partial charge on any atom is 0.316 e. The van der Waals surface area contributed by atoms with Gasteiger partial charge in [0.25, 0.3) is 0 Å². The number of carbonyl (C=O) groups is 2. The van der Waals surface area contributed by atoms with Crippen LogP contribution in [-0.4, -0.2) is 28.0 Å². The quantitative estimate of drug-likeness (QED) is 0.530. The van der Waals surface area contributed by atoms with Crippen LogP contribution in [0.3, 0.4) is 0 Å². The number of aryl methyl sites for hydroxylation is 3. The van der Waals surface area contributed by atoms with Gasteiger partial charge in [-0.15, -0.1) is 0 Å². The Labute approximate surface area is 157 Å². The van der Waals surface area contributed by atoms with Crippen LogP contribution >= 0.6 is 0 Å². The fourth-order valence-corrected chi connectivity index (χ4v) is 3.39. The Hall–Kier alpha value is -3.15. The predicted octanol–water partition coefficient (Wildman–Crippen LogP) is 3.15. The summed E-state index contributed by atoms with van der Waals surface area (Å²) in [5.41, 5.74) is 4.85. The van der Waals surface area contributed by atoms with Crippen LogP contribution in [-0.2, 0) is 16.6 Å². The van der Waals surface area contributed by atoms with Crippen LogP contribution in [0.4, 0.5) is 5.69 Å². The van der Waals surface area contributed by atoms with E-state index in [0.717, 1.165) is 22.3 Å². The summed E-state index contributed by atoms with van der Waals surface area (Å²) in [4.78, 5) is 30.9. The molecule has 0 spiro atoms. The van der Waals surface area contributed by atoms with Gasteiger partial charge in [-0.3, -0.25) is 9.59 Å². The summed E-state index contributed by atoms with van der Waals surface area (Å²) in [6.07, 6.45) is 1.88. The molecule has 0 aliphatic carbocycles. The number of imidazole rings is 1. The highest BCUT2D eigenvalue weighted by Crippen LogP contribution is 2.28. The van der Waals surface area contributed by atoms with E-state index < -0.39 is 5.92 Å². The third-order valence-corrected chi connectivity index (χ3v) is 5.18. The number of nitrogens with zero attached hydrogens (tertiary/aromatic N) is 3. The number of carbonyl (C=O) groups excluding carboxylic acids is 2. The molecular formula is C21H21N3O3. The molecule has 27 heavy (non-hydrogen) atoms. The zero-order chi connectivity index (χ0) is 19.1. The van der Waals surface area contributed by atoms with E-state index in [1.54, 1.807) is 23.4 Å². The first kappa shape index (κ1) is 17.3. The van der Waals surface area contributed by atoms with Crippen molar-refractivity contribution in [2.24, 2.45) is 13.0 Å². The summed E-state index contributed by atoms with van der Waals surface area (Å²) in [5, 5.41) is 0. The van der Waals surface area contributed by atoms with E-state index in [0.29, 0.717) is 12.3 Å². The number of benzene rings is 2. The van der Waals surface area contributed by atoms with Crippen molar-refractivity contribution in [3.8, 4) is 5.75 Å². The Morgan fingerprint density at radius 1 is 1.15 bits per heavy atom. The van der Waals surface area contributed by atoms with Crippen molar-refractivity contribution < 1.29 is 14.3 Å². The first-order valence-corrected chi connectivity index (χ1v) is 8.93. The highest BCUT2D eigenvalue weighted by atomic mass is 16.5. The molecule has 0 saturated carbocycles. The molecule has 4 rings (SSSR count). The van der Waals surface area contributed by atoms with Gasteiger partial charge in [0.15, 0.2) is 0 Å². The van der Waals surface area contributed by atoms with Gasteiger partial charge in [0.1, 0.15) is 5.75 Å². The molecule has 1 saturated heterocycles. The molecule has 6 nitrogen and oxygen atoms in total. The van der Waals surface area contributed by atoms with E-state index in [1.807, 2.05) is 49.7 Å². The van der Waals surface area contributed by atoms with Crippen LogP contribution in [0.25, 0.3) is 11.0 Å². The van der Waals surface area contributed by atoms with Crippen molar-refractivity contribution in [2.75, 3.05) is 11.4 Å². The Morgan fingerprint density at radius 2 is 1.96 bits per heavy atom. The standard InChI is InChI=1S/C21H21N3O3/c1-13-4-5-16(8-14(13)2)24-11-15(9-20(24)25)21(26)27-17-6-7-19-18(10-17)22-12-23(19)3/h4-8,10,12,15H,9,11H2,1-3H3. The second-order valence-corrected chi connectivity index (χ2v) is 7.10. The smallest absolute Gasteiger partial charge is 0.316 e. The molecule has 1 aromatic heterocycles. The van der Waals surface area contributed by atoms with Crippen LogP contribution in [0.15, 0.2) is 42.7 Å². The highest BCUT2D eigenvalue weighted by molar-refractivity contribution is 5.99. The zero-order valence-corrected chi connectivity index (χ0v) is 15.6. The average Bonchev–Trinajstić information content (AvgIpc) is 3.20. The maximum absolute atomic E-state index is 12.6. The molecule has 2 aromatic carbocycles. The van der Waals surface area contributed by atoms with Gasteiger partial charge in [-0.25, -0.2) is 4.98 Å². The number of hydrogen-bond acceptors (Lipinski definition) is 4. The fraction of sp³-hybridized carbons (Fsp3) is 0.286. The molecule has 3 aromatic rings. The molecular weight excluding hydrogens is 342 g/mol. The van der Waals surface area contributed by atoms with Crippen LogP contribution in [0.2, 0.25) is 0 Å². The summed E-state index contributed by atoms with van der Waals surface area (Å²) < 4.78 is 7.42. The summed E-state index contributed by atoms with van der Waals surface area (Å²) in [7, 11) is 1.91. The van der Waals surface area contributed by atoms with Gasteiger partial charge in [0, 0.05) is 31.8 Å². The molecule has 1 unspecified atom stereocenters. The van der Waals surface area contributed by atoms with Crippen molar-refractivity contribution >= 4 is 28.6 Å². The number of amides is 1. The van der Waals surface area contributed by atoms with Crippen molar-refractivity contribution in [3.63, 3.8) is 0 Å². The molecule has 138 valence electrons. The van der Waals surface area contributed by atoms with Crippen LogP contribution in [0, 0.1) is 19.8 Å². The molecule has 1 fully saturated rings. The lowest BCUT2D eigenvalue weighted by atomic mass is 10.1. The minimum Gasteiger partial charge on any atom is -0.426 e. The Balaban J connectivity index is 1.49. The Bertz CT molecular complexity index is 1050. The normalized spacial score (nSPS) is 16.9. The molecule has 1 atom stereocenters. The number of anilines is 1. The molecule has 0 radical (unpaired) electrons. The van der Waals surface area contributed by atoms with Crippen LogP contribution in [0.5, 0.6) is 5.75 Å². The highest BCUT2D eigenvalue weighted by Gasteiger charge is 2.36. The molecule has 1 aliphatic heterocycles. The monoisotopic (exact) mass is 363 g/mol. The molecule has 2 heterocycles. The van der Waals surface area contributed by atoms with Gasteiger partial charge in [-0.05, 0) is 49.2 Å². The third kappa shape index (κ3) is 3.18. The molecule has 0 N–H and O–H groups in total. The second-order valence-electron chi connectivity index (χ2n) is 7.10. The van der Waals surface area contributed by atoms with E-state index in [4.69, 9.17) is 4.74 Å². The van der Waals surface area contributed by atoms with Crippen molar-refractivity contribution in [2.45, 2.75) is 20.3 Å². The first-order chi connectivity index (χ1) is 12.9. The summed E-state index contributed by atoms with van der Waals surface area (Å²) in [5.74, 6) is -0.466. The van der Waals surface area contributed by atoms with Gasteiger partial charge in [-0.1, -0.05) is 6.07 Å². The van der Waals surface area contributed by atoms with Gasteiger partial charge in [0.05, 0.1) is 23.3 Å². The minimum atomic E-state index is -0.474. The van der Waals surface area contributed by atoms with Gasteiger partial charge in [-0.2, -0.15) is 0 Å². The first-order valence-electron chi connectivity index (χ1n) is 8.93. The summed E-state index contributed by atoms with van der Waals surface area (Å²) in [6.45, 7) is 4.38. The number of rotatable bonds is 3. The summed E-state index contributed by atoms with van der Waals surface area (Å²) >= 11 is 0. The van der Waals surface area contributed by atoms with Gasteiger partial charge >= 0.3 is 5.97 Å². The van der Waals surface area contributed by atoms with Crippen LogP contribution < -0.4 is 9.64 Å². The maximum atomic E-state index is 12.6. The second kappa shape index (κ2) is 6.54. The third-order valence-electron chi connectivity index (χ3n) is 5.18. The number of esters is 1. The molecule has 6 heteroatoms. The molecule has 0 bridgehead atoms. The van der Waals surface area contributed by atoms with E-state index in [2.05, 4.69) is 4.98 Å².